The zero-order valence-electron chi connectivity index (χ0n) is 11.9. The van der Waals surface area contributed by atoms with Crippen LogP contribution in [-0.4, -0.2) is 35.9 Å². The number of non-ortho nitro benzene ring substituents is 1. The highest BCUT2D eigenvalue weighted by atomic mass is 16.6. The maximum absolute atomic E-state index is 11.7. The largest absolute Gasteiger partial charge is 0.385 e. The van der Waals surface area contributed by atoms with Crippen LogP contribution < -0.4 is 5.32 Å². The van der Waals surface area contributed by atoms with Crippen LogP contribution in [-0.2, 0) is 4.79 Å². The van der Waals surface area contributed by atoms with Gasteiger partial charge in [0.2, 0.25) is 5.91 Å². The van der Waals surface area contributed by atoms with Crippen molar-refractivity contribution in [2.24, 2.45) is 0 Å². The number of carbonyl (C=O) groups excluding carboxylic acids is 1. The van der Waals surface area contributed by atoms with Gasteiger partial charge in [0.15, 0.2) is 0 Å². The second-order valence-electron chi connectivity index (χ2n) is 4.56. The summed E-state index contributed by atoms with van der Waals surface area (Å²) in [6, 6.07) is 8.14. The van der Waals surface area contributed by atoms with Crippen LogP contribution in [0.25, 0.3) is 0 Å². The Morgan fingerprint density at radius 1 is 1.43 bits per heavy atom. The zero-order valence-corrected chi connectivity index (χ0v) is 11.9. The van der Waals surface area contributed by atoms with E-state index < -0.39 is 4.92 Å². The molecule has 0 aliphatic heterocycles. The van der Waals surface area contributed by atoms with E-state index in [0.29, 0.717) is 32.4 Å². The number of hydrogen-bond donors (Lipinski definition) is 1. The van der Waals surface area contributed by atoms with Crippen molar-refractivity contribution in [1.29, 1.82) is 5.26 Å². The molecule has 7 nitrogen and oxygen atoms in total. The fraction of sp³-hybridized carbons (Fsp3) is 0.429. The highest BCUT2D eigenvalue weighted by Crippen LogP contribution is 2.15. The topological polar surface area (TPSA) is 99.3 Å². The monoisotopic (exact) mass is 290 g/mol. The fourth-order valence-corrected chi connectivity index (χ4v) is 1.71. The first-order chi connectivity index (χ1) is 10.0. The Morgan fingerprint density at radius 3 is 2.67 bits per heavy atom. The quantitative estimate of drug-likeness (QED) is 0.449. The third kappa shape index (κ3) is 5.91. The van der Waals surface area contributed by atoms with Gasteiger partial charge in [-0.3, -0.25) is 14.9 Å². The molecule has 1 N–H and O–H groups in total. The Bertz CT molecular complexity index is 522. The van der Waals surface area contributed by atoms with E-state index in [9.17, 15) is 14.9 Å². The lowest BCUT2D eigenvalue weighted by atomic mass is 10.2. The summed E-state index contributed by atoms with van der Waals surface area (Å²) in [5, 5.41) is 22.1. The maximum Gasteiger partial charge on any atom is 0.269 e. The van der Waals surface area contributed by atoms with E-state index in [1.165, 1.54) is 12.1 Å². The summed E-state index contributed by atoms with van der Waals surface area (Å²) in [5.74, 6) is 0.00995. The van der Waals surface area contributed by atoms with E-state index in [-0.39, 0.29) is 11.6 Å². The van der Waals surface area contributed by atoms with Gasteiger partial charge in [-0.05, 0) is 18.6 Å². The number of nitro groups is 1. The molecular formula is C14H18N4O3. The SMILES string of the molecule is CN(CCC#N)C(=O)CCCNc1ccc([N+](=O)[O-])cc1. The van der Waals surface area contributed by atoms with E-state index in [2.05, 4.69) is 5.32 Å². The number of carbonyl (C=O) groups is 1. The van der Waals surface area contributed by atoms with Gasteiger partial charge in [0, 0.05) is 44.4 Å². The van der Waals surface area contributed by atoms with Crippen molar-refractivity contribution in [1.82, 2.24) is 4.90 Å². The van der Waals surface area contributed by atoms with Gasteiger partial charge in [0.05, 0.1) is 17.4 Å². The van der Waals surface area contributed by atoms with E-state index in [0.717, 1.165) is 5.69 Å². The number of nitro benzene ring substituents is 1. The molecule has 1 aromatic carbocycles. The van der Waals surface area contributed by atoms with Crippen molar-refractivity contribution < 1.29 is 9.72 Å². The molecule has 1 rings (SSSR count). The molecule has 0 atom stereocenters. The van der Waals surface area contributed by atoms with Crippen molar-refractivity contribution >= 4 is 17.3 Å². The van der Waals surface area contributed by atoms with Gasteiger partial charge in [0.1, 0.15) is 0 Å². The van der Waals surface area contributed by atoms with Crippen LogP contribution in [0.1, 0.15) is 19.3 Å². The van der Waals surface area contributed by atoms with Crippen LogP contribution in [0.3, 0.4) is 0 Å². The molecule has 0 aromatic heterocycles. The Kier molecular flexibility index (Phi) is 6.68. The van der Waals surface area contributed by atoms with Crippen LogP contribution in [0.15, 0.2) is 24.3 Å². The minimum Gasteiger partial charge on any atom is -0.385 e. The molecule has 0 aliphatic carbocycles. The third-order valence-corrected chi connectivity index (χ3v) is 2.96. The minimum atomic E-state index is -0.445. The standard InChI is InChI=1S/C14H18N4O3/c1-17(11-3-9-15)14(19)4-2-10-16-12-5-7-13(8-6-12)18(20)21/h5-8,16H,2-4,10-11H2,1H3. The van der Waals surface area contributed by atoms with Gasteiger partial charge in [-0.2, -0.15) is 5.26 Å². The molecule has 112 valence electrons. The van der Waals surface area contributed by atoms with Crippen LogP contribution in [0.2, 0.25) is 0 Å². The fourth-order valence-electron chi connectivity index (χ4n) is 1.71. The van der Waals surface area contributed by atoms with E-state index >= 15 is 0 Å². The number of benzene rings is 1. The van der Waals surface area contributed by atoms with Gasteiger partial charge >= 0.3 is 0 Å². The molecule has 0 heterocycles. The first-order valence-corrected chi connectivity index (χ1v) is 6.64. The Hall–Kier alpha value is -2.62. The normalized spacial score (nSPS) is 9.71. The van der Waals surface area contributed by atoms with Gasteiger partial charge in [-0.1, -0.05) is 0 Å². The van der Waals surface area contributed by atoms with E-state index in [1.54, 1.807) is 24.1 Å². The summed E-state index contributed by atoms with van der Waals surface area (Å²) in [6.07, 6.45) is 1.40. The maximum atomic E-state index is 11.7. The average molecular weight is 290 g/mol. The van der Waals surface area contributed by atoms with Gasteiger partial charge in [-0.25, -0.2) is 0 Å². The first kappa shape index (κ1) is 16.4. The second-order valence-corrected chi connectivity index (χ2v) is 4.56. The molecule has 0 spiro atoms. The van der Waals surface area contributed by atoms with Crippen molar-refractivity contribution in [2.45, 2.75) is 19.3 Å². The van der Waals surface area contributed by atoms with Crippen LogP contribution >= 0.6 is 0 Å². The summed E-state index contributed by atoms with van der Waals surface area (Å²) < 4.78 is 0. The second kappa shape index (κ2) is 8.53. The number of rotatable bonds is 8. The highest BCUT2D eigenvalue weighted by molar-refractivity contribution is 5.75. The Balaban J connectivity index is 2.26. The van der Waals surface area contributed by atoms with Crippen LogP contribution in [0.5, 0.6) is 0 Å². The summed E-state index contributed by atoms with van der Waals surface area (Å²) in [4.78, 5) is 23.3. The predicted octanol–water partition coefficient (Wildman–Crippen LogP) is 2.16. The predicted molar refractivity (Wildman–Crippen MR) is 78.7 cm³/mol. The lowest BCUT2D eigenvalue weighted by Crippen LogP contribution is -2.27. The Labute approximate surface area is 123 Å². The van der Waals surface area contributed by atoms with Crippen molar-refractivity contribution in [3.63, 3.8) is 0 Å². The smallest absolute Gasteiger partial charge is 0.269 e. The molecule has 7 heteroatoms. The molecular weight excluding hydrogens is 272 g/mol. The van der Waals surface area contributed by atoms with Gasteiger partial charge in [0.25, 0.3) is 5.69 Å². The number of hydrogen-bond acceptors (Lipinski definition) is 5. The summed E-state index contributed by atoms with van der Waals surface area (Å²) in [6.45, 7) is 1.06. The van der Waals surface area contributed by atoms with Gasteiger partial charge < -0.3 is 10.2 Å². The number of nitriles is 1. The molecule has 0 saturated carbocycles. The van der Waals surface area contributed by atoms with Gasteiger partial charge in [-0.15, -0.1) is 0 Å². The van der Waals surface area contributed by atoms with E-state index in [4.69, 9.17) is 5.26 Å². The molecule has 21 heavy (non-hydrogen) atoms. The Morgan fingerprint density at radius 2 is 2.10 bits per heavy atom. The molecule has 0 fully saturated rings. The first-order valence-electron chi connectivity index (χ1n) is 6.64. The van der Waals surface area contributed by atoms with Crippen molar-refractivity contribution in [3.05, 3.63) is 34.4 Å². The molecule has 1 amide bonds. The molecule has 0 bridgehead atoms. The molecule has 1 aromatic rings. The van der Waals surface area contributed by atoms with Crippen molar-refractivity contribution in [3.8, 4) is 6.07 Å². The number of nitrogens with one attached hydrogen (secondary N) is 1. The van der Waals surface area contributed by atoms with Crippen molar-refractivity contribution in [2.75, 3.05) is 25.5 Å². The molecule has 0 aliphatic rings. The average Bonchev–Trinajstić information content (AvgIpc) is 2.49. The molecule has 0 radical (unpaired) electrons. The minimum absolute atomic E-state index is 0.00995. The lowest BCUT2D eigenvalue weighted by molar-refractivity contribution is -0.384. The van der Waals surface area contributed by atoms with E-state index in [1.807, 2.05) is 6.07 Å². The lowest BCUT2D eigenvalue weighted by Gasteiger charge is -2.15. The zero-order chi connectivity index (χ0) is 15.7. The third-order valence-electron chi connectivity index (χ3n) is 2.96. The highest BCUT2D eigenvalue weighted by Gasteiger charge is 2.07. The van der Waals surface area contributed by atoms with Crippen LogP contribution in [0.4, 0.5) is 11.4 Å². The molecule has 0 unspecified atom stereocenters. The summed E-state index contributed by atoms with van der Waals surface area (Å²) >= 11 is 0. The van der Waals surface area contributed by atoms with Crippen LogP contribution in [0, 0.1) is 21.4 Å². The number of amides is 1. The summed E-state index contributed by atoms with van der Waals surface area (Å²) in [7, 11) is 1.68. The number of anilines is 1. The summed E-state index contributed by atoms with van der Waals surface area (Å²) in [5.41, 5.74) is 0.834. The molecule has 0 saturated heterocycles. The number of nitrogens with zero attached hydrogens (tertiary/aromatic N) is 3.